The third-order valence-corrected chi connectivity index (χ3v) is 4.24. The monoisotopic (exact) mass is 341 g/mol. The number of anilines is 1. The molecule has 0 bridgehead atoms. The van der Waals surface area contributed by atoms with E-state index in [1.807, 2.05) is 66.4 Å². The third kappa shape index (κ3) is 3.44. The molecule has 3 aromatic rings. The molecule has 2 aromatic carbocycles. The summed E-state index contributed by atoms with van der Waals surface area (Å²) in [6.07, 6.45) is 0. The number of rotatable bonds is 3. The lowest BCUT2D eigenvalue weighted by Crippen LogP contribution is -2.35. The lowest BCUT2D eigenvalue weighted by Gasteiger charge is -2.23. The molecule has 0 fully saturated rings. The van der Waals surface area contributed by atoms with Crippen molar-refractivity contribution in [2.75, 3.05) is 4.90 Å². The number of hydrogen-bond acceptors (Lipinski definition) is 2. The van der Waals surface area contributed by atoms with Gasteiger partial charge in [-0.15, -0.1) is 0 Å². The summed E-state index contributed by atoms with van der Waals surface area (Å²) in [5, 5.41) is 1.81. The molecule has 0 aliphatic rings. The molecule has 0 aliphatic heterocycles. The largest absolute Gasteiger partial charge is 0.376 e. The summed E-state index contributed by atoms with van der Waals surface area (Å²) < 4.78 is 0. The van der Waals surface area contributed by atoms with Crippen LogP contribution < -0.4 is 10.6 Å². The van der Waals surface area contributed by atoms with Crippen LogP contribution in [0.25, 0.3) is 10.9 Å². The molecule has 0 atom stereocenters. The molecule has 23 heavy (non-hydrogen) atoms. The van der Waals surface area contributed by atoms with Crippen LogP contribution >= 0.6 is 23.8 Å². The molecule has 0 spiro atoms. The second-order valence-corrected chi connectivity index (χ2v) is 6.17. The average molecular weight is 342 g/mol. The first-order valence-corrected chi connectivity index (χ1v) is 8.01. The number of thiocarbonyl (C=S) groups is 1. The number of nitrogens with two attached hydrogens (primary N) is 1. The Hall–Kier alpha value is -2.17. The van der Waals surface area contributed by atoms with Gasteiger partial charge in [0, 0.05) is 16.6 Å². The topological polar surface area (TPSA) is 42.2 Å². The lowest BCUT2D eigenvalue weighted by molar-refractivity contribution is 1.00. The van der Waals surface area contributed by atoms with Gasteiger partial charge in [-0.2, -0.15) is 0 Å². The molecule has 5 heteroatoms. The molecule has 3 rings (SSSR count). The molecule has 0 saturated carbocycles. The maximum atomic E-state index is 6.34. The van der Waals surface area contributed by atoms with Crippen molar-refractivity contribution in [2.24, 2.45) is 5.73 Å². The van der Waals surface area contributed by atoms with E-state index < -0.39 is 0 Å². The molecule has 2 N–H and O–H groups in total. The lowest BCUT2D eigenvalue weighted by atomic mass is 10.1. The van der Waals surface area contributed by atoms with Crippen molar-refractivity contribution in [1.82, 2.24) is 4.98 Å². The molecule has 1 aromatic heterocycles. The summed E-state index contributed by atoms with van der Waals surface area (Å²) >= 11 is 11.6. The second kappa shape index (κ2) is 6.52. The number of aryl methyl sites for hydroxylation is 1. The van der Waals surface area contributed by atoms with Gasteiger partial charge in [0.15, 0.2) is 5.11 Å². The van der Waals surface area contributed by atoms with Gasteiger partial charge in [-0.25, -0.2) is 4.98 Å². The first-order chi connectivity index (χ1) is 11.0. The predicted molar refractivity (Wildman–Crippen MR) is 101 cm³/mol. The Morgan fingerprint density at radius 3 is 2.57 bits per heavy atom. The highest BCUT2D eigenvalue weighted by Crippen LogP contribution is 2.24. The van der Waals surface area contributed by atoms with Crippen LogP contribution in [0.1, 0.15) is 11.1 Å². The van der Waals surface area contributed by atoms with Crippen LogP contribution in [0, 0.1) is 6.92 Å². The molecule has 0 radical (unpaired) electrons. The van der Waals surface area contributed by atoms with E-state index in [9.17, 15) is 0 Å². The van der Waals surface area contributed by atoms with E-state index in [-0.39, 0.29) is 0 Å². The van der Waals surface area contributed by atoms with E-state index in [1.54, 1.807) is 0 Å². The molecule has 0 unspecified atom stereocenters. The molecule has 116 valence electrons. The van der Waals surface area contributed by atoms with Crippen LogP contribution in [0.5, 0.6) is 0 Å². The fraction of sp³-hybridized carbons (Fsp3) is 0.111. The van der Waals surface area contributed by atoms with Crippen LogP contribution in [0.3, 0.4) is 0 Å². The molecule has 0 aliphatic carbocycles. The standard InChI is InChI=1S/C18H16ClN3S/c1-12-6-8-15(9-7-12)22(18(20)23)11-14-10-13-4-2-3-5-16(13)21-17(14)19/h2-10H,11H2,1H3,(H2,20,23). The Balaban J connectivity index is 1.98. The van der Waals surface area contributed by atoms with E-state index in [0.29, 0.717) is 16.8 Å². The summed E-state index contributed by atoms with van der Waals surface area (Å²) in [5.74, 6) is 0. The van der Waals surface area contributed by atoms with E-state index in [4.69, 9.17) is 29.6 Å². The highest BCUT2D eigenvalue weighted by Gasteiger charge is 2.13. The van der Waals surface area contributed by atoms with Crippen molar-refractivity contribution in [1.29, 1.82) is 0 Å². The number of hydrogen-bond donors (Lipinski definition) is 1. The van der Waals surface area contributed by atoms with Gasteiger partial charge in [0.2, 0.25) is 0 Å². The van der Waals surface area contributed by atoms with E-state index in [0.717, 1.165) is 22.2 Å². The number of fused-ring (bicyclic) bond motifs is 1. The van der Waals surface area contributed by atoms with Crippen molar-refractivity contribution in [3.05, 3.63) is 70.9 Å². The van der Waals surface area contributed by atoms with E-state index in [1.165, 1.54) is 5.56 Å². The second-order valence-electron chi connectivity index (χ2n) is 5.39. The number of aromatic nitrogens is 1. The number of halogens is 1. The fourth-order valence-corrected chi connectivity index (χ4v) is 2.81. The maximum Gasteiger partial charge on any atom is 0.171 e. The number of nitrogens with zero attached hydrogens (tertiary/aromatic N) is 2. The van der Waals surface area contributed by atoms with Gasteiger partial charge in [0.1, 0.15) is 5.15 Å². The minimum atomic E-state index is 0.304. The predicted octanol–water partition coefficient (Wildman–Crippen LogP) is 4.45. The zero-order chi connectivity index (χ0) is 16.4. The van der Waals surface area contributed by atoms with Crippen molar-refractivity contribution >= 4 is 45.5 Å². The molecule has 0 amide bonds. The molecular weight excluding hydrogens is 326 g/mol. The Morgan fingerprint density at radius 1 is 1.17 bits per heavy atom. The first-order valence-electron chi connectivity index (χ1n) is 7.22. The SMILES string of the molecule is Cc1ccc(N(Cc2cc3ccccc3nc2Cl)C(N)=S)cc1. The maximum absolute atomic E-state index is 6.34. The van der Waals surface area contributed by atoms with Gasteiger partial charge in [0.05, 0.1) is 12.1 Å². The number of para-hydroxylation sites is 1. The first kappa shape index (κ1) is 15.7. The zero-order valence-corrected chi connectivity index (χ0v) is 14.2. The Kier molecular flexibility index (Phi) is 4.46. The van der Waals surface area contributed by atoms with E-state index >= 15 is 0 Å². The molecular formula is C18H16ClN3S. The molecule has 1 heterocycles. The normalized spacial score (nSPS) is 10.7. The van der Waals surface area contributed by atoms with Crippen LogP contribution in [0.15, 0.2) is 54.6 Å². The van der Waals surface area contributed by atoms with Crippen LogP contribution in [0.2, 0.25) is 5.15 Å². The van der Waals surface area contributed by atoms with Gasteiger partial charge >= 0.3 is 0 Å². The highest BCUT2D eigenvalue weighted by atomic mass is 35.5. The third-order valence-electron chi connectivity index (χ3n) is 3.69. The van der Waals surface area contributed by atoms with Crippen LogP contribution in [-0.4, -0.2) is 10.1 Å². The summed E-state index contributed by atoms with van der Waals surface area (Å²) in [5.41, 5.74) is 9.79. The summed E-state index contributed by atoms with van der Waals surface area (Å²) in [7, 11) is 0. The fourth-order valence-electron chi connectivity index (χ4n) is 2.44. The van der Waals surface area contributed by atoms with Crippen LogP contribution in [-0.2, 0) is 6.54 Å². The Labute approximate surface area is 145 Å². The molecule has 0 saturated heterocycles. The van der Waals surface area contributed by atoms with Crippen molar-refractivity contribution in [3.8, 4) is 0 Å². The van der Waals surface area contributed by atoms with Crippen LogP contribution in [0.4, 0.5) is 5.69 Å². The van der Waals surface area contributed by atoms with Crippen molar-refractivity contribution < 1.29 is 0 Å². The average Bonchev–Trinajstić information content (AvgIpc) is 2.53. The summed E-state index contributed by atoms with van der Waals surface area (Å²) in [6.45, 7) is 2.52. The number of pyridine rings is 1. The number of benzene rings is 2. The minimum Gasteiger partial charge on any atom is -0.376 e. The quantitative estimate of drug-likeness (QED) is 0.564. The zero-order valence-electron chi connectivity index (χ0n) is 12.7. The molecule has 3 nitrogen and oxygen atoms in total. The highest BCUT2D eigenvalue weighted by molar-refractivity contribution is 7.80. The van der Waals surface area contributed by atoms with Gasteiger partial charge < -0.3 is 10.6 Å². The Morgan fingerprint density at radius 2 is 1.87 bits per heavy atom. The smallest absolute Gasteiger partial charge is 0.171 e. The minimum absolute atomic E-state index is 0.304. The summed E-state index contributed by atoms with van der Waals surface area (Å²) in [6, 6.07) is 18.0. The van der Waals surface area contributed by atoms with Gasteiger partial charge in [-0.3, -0.25) is 0 Å². The summed E-state index contributed by atoms with van der Waals surface area (Å²) in [4.78, 5) is 6.30. The van der Waals surface area contributed by atoms with Gasteiger partial charge in [0.25, 0.3) is 0 Å². The van der Waals surface area contributed by atoms with E-state index in [2.05, 4.69) is 4.98 Å². The van der Waals surface area contributed by atoms with Crippen molar-refractivity contribution in [2.45, 2.75) is 13.5 Å². The van der Waals surface area contributed by atoms with Gasteiger partial charge in [-0.1, -0.05) is 47.5 Å². The van der Waals surface area contributed by atoms with Gasteiger partial charge in [-0.05, 0) is 43.4 Å². The van der Waals surface area contributed by atoms with Crippen molar-refractivity contribution in [3.63, 3.8) is 0 Å². The Bertz CT molecular complexity index is 862.